The third-order valence-corrected chi connectivity index (χ3v) is 5.77. The van der Waals surface area contributed by atoms with Crippen molar-refractivity contribution in [1.82, 2.24) is 19.5 Å². The highest BCUT2D eigenvalue weighted by Gasteiger charge is 2.21. The van der Waals surface area contributed by atoms with Crippen molar-refractivity contribution in [3.8, 4) is 11.1 Å². The molecule has 0 bridgehead atoms. The molecule has 1 unspecified atom stereocenters. The molecule has 0 aliphatic carbocycles. The average molecular weight is 366 g/mol. The fourth-order valence-corrected chi connectivity index (χ4v) is 4.46. The summed E-state index contributed by atoms with van der Waals surface area (Å²) in [5.74, 6) is 0. The Bertz CT molecular complexity index is 1150. The van der Waals surface area contributed by atoms with E-state index < -0.39 is 0 Å². The Morgan fingerprint density at radius 3 is 2.96 bits per heavy atom. The highest BCUT2D eigenvalue weighted by atomic mass is 32.1. The largest absolute Gasteiger partial charge is 0.392 e. The second-order valence-electron chi connectivity index (χ2n) is 6.81. The summed E-state index contributed by atoms with van der Waals surface area (Å²) in [6.45, 7) is 2.31. The van der Waals surface area contributed by atoms with Crippen LogP contribution >= 0.6 is 11.3 Å². The van der Waals surface area contributed by atoms with Crippen molar-refractivity contribution in [2.45, 2.75) is 19.1 Å². The normalized spacial score (nSPS) is 18.3. The van der Waals surface area contributed by atoms with Gasteiger partial charge in [-0.05, 0) is 52.1 Å². The van der Waals surface area contributed by atoms with Crippen LogP contribution < -0.4 is 5.69 Å². The Kier molecular flexibility index (Phi) is 3.66. The molecule has 4 aromatic rings. The van der Waals surface area contributed by atoms with Crippen molar-refractivity contribution in [1.29, 1.82) is 0 Å². The summed E-state index contributed by atoms with van der Waals surface area (Å²) < 4.78 is 1.63. The van der Waals surface area contributed by atoms with E-state index in [2.05, 4.69) is 44.7 Å². The molecule has 0 saturated carbocycles. The summed E-state index contributed by atoms with van der Waals surface area (Å²) in [5.41, 5.74) is 4.61. The van der Waals surface area contributed by atoms with Crippen molar-refractivity contribution >= 4 is 27.9 Å². The molecule has 0 amide bonds. The number of aliphatic hydroxyl groups excluding tert-OH is 1. The van der Waals surface area contributed by atoms with Gasteiger partial charge in [-0.1, -0.05) is 12.1 Å². The highest BCUT2D eigenvalue weighted by molar-refractivity contribution is 7.08. The second-order valence-corrected chi connectivity index (χ2v) is 7.59. The molecule has 1 aliphatic heterocycles. The van der Waals surface area contributed by atoms with Gasteiger partial charge in [0, 0.05) is 25.0 Å². The monoisotopic (exact) mass is 366 g/mol. The molecule has 1 aromatic carbocycles. The standard InChI is InChI=1S/C19H18N4O2S/c24-15-3-5-22(10-15)9-14-8-18-20-21-19(25)23(18)17-7-12(1-2-16(14)17)13-4-6-26-11-13/h1-2,4,6-8,11,15,24H,3,5,9-10H2,(H,21,25). The maximum absolute atomic E-state index is 12.3. The first kappa shape index (κ1) is 15.7. The number of fused-ring (bicyclic) bond motifs is 3. The minimum atomic E-state index is -0.247. The van der Waals surface area contributed by atoms with Gasteiger partial charge in [-0.3, -0.25) is 4.90 Å². The van der Waals surface area contributed by atoms with Gasteiger partial charge in [-0.15, -0.1) is 0 Å². The number of aromatic nitrogens is 3. The minimum Gasteiger partial charge on any atom is -0.392 e. The van der Waals surface area contributed by atoms with Crippen LogP contribution in [0, 0.1) is 0 Å². The number of nitrogens with zero attached hydrogens (tertiary/aromatic N) is 3. The number of aliphatic hydroxyl groups is 1. The Morgan fingerprint density at radius 2 is 2.19 bits per heavy atom. The number of nitrogens with one attached hydrogen (secondary N) is 1. The van der Waals surface area contributed by atoms with Crippen LogP contribution in [0.2, 0.25) is 0 Å². The zero-order chi connectivity index (χ0) is 17.7. The Labute approximate surface area is 153 Å². The lowest BCUT2D eigenvalue weighted by atomic mass is 10.0. The Morgan fingerprint density at radius 1 is 1.27 bits per heavy atom. The lowest BCUT2D eigenvalue weighted by molar-refractivity contribution is 0.175. The Balaban J connectivity index is 1.71. The molecule has 7 heteroatoms. The van der Waals surface area contributed by atoms with E-state index in [0.29, 0.717) is 12.2 Å². The molecule has 2 N–H and O–H groups in total. The van der Waals surface area contributed by atoms with E-state index in [9.17, 15) is 9.90 Å². The van der Waals surface area contributed by atoms with Gasteiger partial charge in [0.2, 0.25) is 0 Å². The number of H-pyrrole nitrogens is 1. The smallest absolute Gasteiger partial charge is 0.348 e. The lowest BCUT2D eigenvalue weighted by Crippen LogP contribution is -2.22. The first-order valence-corrected chi connectivity index (χ1v) is 9.59. The van der Waals surface area contributed by atoms with Crippen LogP contribution in [0.4, 0.5) is 0 Å². The topological polar surface area (TPSA) is 73.6 Å². The van der Waals surface area contributed by atoms with Crippen molar-refractivity contribution in [2.75, 3.05) is 13.1 Å². The Hall–Kier alpha value is -2.48. The summed E-state index contributed by atoms with van der Waals surface area (Å²) in [6, 6.07) is 10.3. The molecule has 0 radical (unpaired) electrons. The van der Waals surface area contributed by atoms with Crippen molar-refractivity contribution < 1.29 is 5.11 Å². The van der Waals surface area contributed by atoms with Gasteiger partial charge < -0.3 is 5.11 Å². The van der Waals surface area contributed by atoms with Crippen LogP contribution in [0.15, 0.2) is 45.9 Å². The number of hydrogen-bond donors (Lipinski definition) is 2. The summed E-state index contributed by atoms with van der Waals surface area (Å²) in [6.07, 6.45) is 0.563. The van der Waals surface area contributed by atoms with Gasteiger partial charge in [-0.2, -0.15) is 16.4 Å². The van der Waals surface area contributed by atoms with Gasteiger partial charge in [0.15, 0.2) is 5.65 Å². The predicted molar refractivity (Wildman–Crippen MR) is 103 cm³/mol. The fraction of sp³-hybridized carbons (Fsp3) is 0.263. The van der Waals surface area contributed by atoms with Gasteiger partial charge in [0.05, 0.1) is 11.6 Å². The summed E-state index contributed by atoms with van der Waals surface area (Å²) >= 11 is 1.66. The molecular formula is C19H18N4O2S. The van der Waals surface area contributed by atoms with Crippen LogP contribution in [0.1, 0.15) is 12.0 Å². The van der Waals surface area contributed by atoms with Gasteiger partial charge in [0.1, 0.15) is 0 Å². The number of thiophene rings is 1. The van der Waals surface area contributed by atoms with Crippen molar-refractivity contribution in [2.24, 2.45) is 0 Å². The summed E-state index contributed by atoms with van der Waals surface area (Å²) in [5, 5.41) is 21.7. The number of hydrogen-bond acceptors (Lipinski definition) is 5. The first-order chi connectivity index (χ1) is 12.7. The number of benzene rings is 1. The zero-order valence-electron chi connectivity index (χ0n) is 14.1. The second kappa shape index (κ2) is 6.05. The third kappa shape index (κ3) is 2.56. The molecule has 132 valence electrons. The molecule has 1 saturated heterocycles. The molecule has 26 heavy (non-hydrogen) atoms. The highest BCUT2D eigenvalue weighted by Crippen LogP contribution is 2.29. The van der Waals surface area contributed by atoms with Crippen LogP contribution in [-0.4, -0.2) is 43.8 Å². The summed E-state index contributed by atoms with van der Waals surface area (Å²) in [4.78, 5) is 14.5. The predicted octanol–water partition coefficient (Wildman–Crippen LogP) is 2.47. The van der Waals surface area contributed by atoms with E-state index >= 15 is 0 Å². The van der Waals surface area contributed by atoms with E-state index in [1.165, 1.54) is 0 Å². The SMILES string of the molecule is O=c1[nH]nc2cc(CN3CCC(O)C3)c3ccc(-c4ccsc4)cc3n12. The van der Waals surface area contributed by atoms with Gasteiger partial charge in [-0.25, -0.2) is 14.3 Å². The molecule has 0 spiro atoms. The minimum absolute atomic E-state index is 0.226. The molecule has 6 nitrogen and oxygen atoms in total. The quantitative estimate of drug-likeness (QED) is 0.584. The van der Waals surface area contributed by atoms with E-state index in [1.807, 2.05) is 11.4 Å². The lowest BCUT2D eigenvalue weighted by Gasteiger charge is -2.17. The maximum atomic E-state index is 12.3. The molecular weight excluding hydrogens is 348 g/mol. The maximum Gasteiger partial charge on any atom is 0.348 e. The number of aromatic amines is 1. The average Bonchev–Trinajstić information content (AvgIpc) is 3.37. The van der Waals surface area contributed by atoms with Crippen molar-refractivity contribution in [3.63, 3.8) is 0 Å². The van der Waals surface area contributed by atoms with E-state index in [4.69, 9.17) is 0 Å². The van der Waals surface area contributed by atoms with Gasteiger partial charge >= 0.3 is 5.69 Å². The molecule has 1 aliphatic rings. The first-order valence-electron chi connectivity index (χ1n) is 8.65. The van der Waals surface area contributed by atoms with Gasteiger partial charge in [0.25, 0.3) is 0 Å². The van der Waals surface area contributed by atoms with Crippen LogP contribution in [0.3, 0.4) is 0 Å². The molecule has 5 rings (SSSR count). The van der Waals surface area contributed by atoms with E-state index in [0.717, 1.165) is 47.1 Å². The molecule has 1 atom stereocenters. The molecule has 3 aromatic heterocycles. The zero-order valence-corrected chi connectivity index (χ0v) is 14.9. The fourth-order valence-electron chi connectivity index (χ4n) is 3.80. The number of likely N-dealkylation sites (tertiary alicyclic amines) is 1. The molecule has 1 fully saturated rings. The van der Waals surface area contributed by atoms with E-state index in [1.54, 1.807) is 15.7 Å². The number of rotatable bonds is 3. The number of β-amino-alcohol motifs (C(OH)–C–C–N with tert-alkyl or cyclic N) is 1. The van der Waals surface area contributed by atoms with Crippen molar-refractivity contribution in [3.05, 3.63) is 57.1 Å². The van der Waals surface area contributed by atoms with E-state index in [-0.39, 0.29) is 11.8 Å². The van der Waals surface area contributed by atoms with Crippen LogP contribution in [0.25, 0.3) is 27.7 Å². The molecule has 4 heterocycles. The van der Waals surface area contributed by atoms with Crippen LogP contribution in [-0.2, 0) is 6.54 Å². The summed E-state index contributed by atoms with van der Waals surface area (Å²) in [7, 11) is 0. The number of pyridine rings is 1. The third-order valence-electron chi connectivity index (χ3n) is 5.08. The van der Waals surface area contributed by atoms with Crippen LogP contribution in [0.5, 0.6) is 0 Å².